The molecule has 0 amide bonds. The van der Waals surface area contributed by atoms with E-state index in [1.54, 1.807) is 0 Å². The summed E-state index contributed by atoms with van der Waals surface area (Å²) in [5.74, 6) is 0.420. The van der Waals surface area contributed by atoms with E-state index in [4.69, 9.17) is 5.21 Å². The van der Waals surface area contributed by atoms with Crippen molar-refractivity contribution < 1.29 is 5.21 Å². The number of hydrogen-bond acceptors (Lipinski definition) is 3. The minimum atomic E-state index is 0.420. The highest BCUT2D eigenvalue weighted by atomic mass is 16.4. The van der Waals surface area contributed by atoms with Gasteiger partial charge in [-0.3, -0.25) is 0 Å². The van der Waals surface area contributed by atoms with Crippen LogP contribution in [0.3, 0.4) is 0 Å². The second-order valence-electron chi connectivity index (χ2n) is 3.00. The molecule has 0 saturated carbocycles. The van der Waals surface area contributed by atoms with Crippen LogP contribution < -0.4 is 0 Å². The summed E-state index contributed by atoms with van der Waals surface area (Å²) in [7, 11) is 2.09. The molecule has 0 bridgehead atoms. The third kappa shape index (κ3) is 1.48. The van der Waals surface area contributed by atoms with Gasteiger partial charge >= 0.3 is 0 Å². The summed E-state index contributed by atoms with van der Waals surface area (Å²) in [6.07, 6.45) is 0.911. The first-order chi connectivity index (χ1) is 4.74. The molecule has 1 aliphatic heterocycles. The molecule has 1 heterocycles. The van der Waals surface area contributed by atoms with Crippen molar-refractivity contribution in [2.45, 2.75) is 13.3 Å². The zero-order chi connectivity index (χ0) is 7.56. The maximum absolute atomic E-state index is 8.52. The standard InChI is InChI=1S/C7H14N2O/c1-6-5-9(2)4-3-7(6)8-10/h6,10H,3-5H2,1-2H3/b8-7+/t6-/m0/s1. The molecule has 0 aromatic heterocycles. The van der Waals surface area contributed by atoms with Crippen molar-refractivity contribution in [3.63, 3.8) is 0 Å². The fourth-order valence-electron chi connectivity index (χ4n) is 1.36. The van der Waals surface area contributed by atoms with E-state index in [1.807, 2.05) is 0 Å². The molecule has 3 nitrogen and oxygen atoms in total. The summed E-state index contributed by atoms with van der Waals surface area (Å²) in [6.45, 7) is 4.12. The van der Waals surface area contributed by atoms with Gasteiger partial charge in [0.05, 0.1) is 5.71 Å². The molecule has 1 saturated heterocycles. The maximum Gasteiger partial charge on any atom is 0.0624 e. The Labute approximate surface area is 61.3 Å². The van der Waals surface area contributed by atoms with Gasteiger partial charge in [-0.1, -0.05) is 12.1 Å². The average molecular weight is 142 g/mol. The second kappa shape index (κ2) is 3.01. The summed E-state index contributed by atoms with van der Waals surface area (Å²) in [6, 6.07) is 0. The smallest absolute Gasteiger partial charge is 0.0624 e. The normalized spacial score (nSPS) is 33.0. The third-order valence-electron chi connectivity index (χ3n) is 2.03. The minimum absolute atomic E-state index is 0.420. The molecule has 1 atom stereocenters. The Balaban J connectivity index is 2.52. The van der Waals surface area contributed by atoms with Crippen LogP contribution in [-0.4, -0.2) is 36.0 Å². The Hall–Kier alpha value is -0.570. The Morgan fingerprint density at radius 2 is 2.40 bits per heavy atom. The third-order valence-corrected chi connectivity index (χ3v) is 2.03. The second-order valence-corrected chi connectivity index (χ2v) is 3.00. The van der Waals surface area contributed by atoms with E-state index in [9.17, 15) is 0 Å². The zero-order valence-corrected chi connectivity index (χ0v) is 6.54. The van der Waals surface area contributed by atoms with Gasteiger partial charge in [0, 0.05) is 25.4 Å². The number of nitrogens with zero attached hydrogens (tertiary/aromatic N) is 2. The van der Waals surface area contributed by atoms with E-state index in [0.717, 1.165) is 25.2 Å². The van der Waals surface area contributed by atoms with Crippen LogP contribution in [0.15, 0.2) is 5.16 Å². The highest BCUT2D eigenvalue weighted by Gasteiger charge is 2.19. The molecule has 0 unspecified atom stereocenters. The van der Waals surface area contributed by atoms with Crippen LogP contribution in [0.25, 0.3) is 0 Å². The van der Waals surface area contributed by atoms with Crippen LogP contribution in [0.2, 0.25) is 0 Å². The molecule has 1 aliphatic rings. The summed E-state index contributed by atoms with van der Waals surface area (Å²) < 4.78 is 0. The van der Waals surface area contributed by atoms with E-state index < -0.39 is 0 Å². The average Bonchev–Trinajstić information content (AvgIpc) is 1.88. The van der Waals surface area contributed by atoms with Gasteiger partial charge in [-0.05, 0) is 7.05 Å². The van der Waals surface area contributed by atoms with Crippen LogP contribution >= 0.6 is 0 Å². The van der Waals surface area contributed by atoms with Gasteiger partial charge in [0.2, 0.25) is 0 Å². The first-order valence-corrected chi connectivity index (χ1v) is 3.63. The molecule has 3 heteroatoms. The Morgan fingerprint density at radius 1 is 1.70 bits per heavy atom. The van der Waals surface area contributed by atoms with Gasteiger partial charge in [-0.15, -0.1) is 0 Å². The molecule has 10 heavy (non-hydrogen) atoms. The van der Waals surface area contributed by atoms with Crippen LogP contribution in [-0.2, 0) is 0 Å². The minimum Gasteiger partial charge on any atom is -0.411 e. The number of hydrogen-bond donors (Lipinski definition) is 1. The molecule has 1 N–H and O–H groups in total. The van der Waals surface area contributed by atoms with Crippen molar-refractivity contribution in [2.75, 3.05) is 20.1 Å². The van der Waals surface area contributed by atoms with E-state index in [0.29, 0.717) is 5.92 Å². The lowest BCUT2D eigenvalue weighted by atomic mass is 9.98. The Morgan fingerprint density at radius 3 is 2.90 bits per heavy atom. The molecule has 0 aromatic carbocycles. The van der Waals surface area contributed by atoms with Gasteiger partial charge < -0.3 is 10.1 Å². The highest BCUT2D eigenvalue weighted by Crippen LogP contribution is 2.11. The molecule has 0 radical (unpaired) electrons. The first-order valence-electron chi connectivity index (χ1n) is 3.63. The monoisotopic (exact) mass is 142 g/mol. The van der Waals surface area contributed by atoms with Crippen LogP contribution in [0, 0.1) is 5.92 Å². The van der Waals surface area contributed by atoms with Crippen molar-refractivity contribution in [2.24, 2.45) is 11.1 Å². The van der Waals surface area contributed by atoms with E-state index in [2.05, 4.69) is 24.0 Å². The number of piperidine rings is 1. The topological polar surface area (TPSA) is 35.8 Å². The molecule has 58 valence electrons. The molecular formula is C7H14N2O. The molecule has 1 fully saturated rings. The highest BCUT2D eigenvalue weighted by molar-refractivity contribution is 5.86. The Bertz CT molecular complexity index is 145. The summed E-state index contributed by atoms with van der Waals surface area (Å²) in [5.41, 5.74) is 0.943. The zero-order valence-electron chi connectivity index (χ0n) is 6.54. The lowest BCUT2D eigenvalue weighted by Crippen LogP contribution is -2.36. The lowest BCUT2D eigenvalue weighted by molar-refractivity contribution is 0.274. The Kier molecular flexibility index (Phi) is 2.27. The van der Waals surface area contributed by atoms with Crippen molar-refractivity contribution in [3.05, 3.63) is 0 Å². The van der Waals surface area contributed by atoms with Crippen molar-refractivity contribution in [1.29, 1.82) is 0 Å². The number of oxime groups is 1. The first kappa shape index (κ1) is 7.54. The molecule has 1 rings (SSSR count). The fourth-order valence-corrected chi connectivity index (χ4v) is 1.36. The van der Waals surface area contributed by atoms with E-state index in [1.165, 1.54) is 0 Å². The SMILES string of the molecule is C[C@H]1CN(C)CC/C1=N\O. The van der Waals surface area contributed by atoms with Gasteiger partial charge in [0.1, 0.15) is 0 Å². The van der Waals surface area contributed by atoms with Crippen molar-refractivity contribution >= 4 is 5.71 Å². The van der Waals surface area contributed by atoms with Crippen molar-refractivity contribution in [3.8, 4) is 0 Å². The summed E-state index contributed by atoms with van der Waals surface area (Å²) >= 11 is 0. The van der Waals surface area contributed by atoms with Crippen LogP contribution in [0.4, 0.5) is 0 Å². The lowest BCUT2D eigenvalue weighted by Gasteiger charge is -2.27. The summed E-state index contributed by atoms with van der Waals surface area (Å²) in [4.78, 5) is 2.25. The van der Waals surface area contributed by atoms with Gasteiger partial charge in [-0.25, -0.2) is 0 Å². The maximum atomic E-state index is 8.52. The van der Waals surface area contributed by atoms with Gasteiger partial charge in [0.15, 0.2) is 0 Å². The molecule has 0 aliphatic carbocycles. The number of likely N-dealkylation sites (tertiary alicyclic amines) is 1. The fraction of sp³-hybridized carbons (Fsp3) is 0.857. The van der Waals surface area contributed by atoms with Crippen LogP contribution in [0.1, 0.15) is 13.3 Å². The number of rotatable bonds is 0. The molecule has 0 spiro atoms. The van der Waals surface area contributed by atoms with Gasteiger partial charge in [-0.2, -0.15) is 0 Å². The van der Waals surface area contributed by atoms with E-state index >= 15 is 0 Å². The summed E-state index contributed by atoms with van der Waals surface area (Å²) in [5, 5.41) is 11.8. The van der Waals surface area contributed by atoms with Crippen molar-refractivity contribution in [1.82, 2.24) is 4.90 Å². The van der Waals surface area contributed by atoms with E-state index in [-0.39, 0.29) is 0 Å². The predicted molar refractivity (Wildman–Crippen MR) is 40.5 cm³/mol. The molecular weight excluding hydrogens is 128 g/mol. The largest absolute Gasteiger partial charge is 0.411 e. The molecule has 0 aromatic rings. The van der Waals surface area contributed by atoms with Crippen LogP contribution in [0.5, 0.6) is 0 Å². The predicted octanol–water partition coefficient (Wildman–Crippen LogP) is 0.788. The quantitative estimate of drug-likeness (QED) is 0.401. The van der Waals surface area contributed by atoms with Gasteiger partial charge in [0.25, 0.3) is 0 Å².